The van der Waals surface area contributed by atoms with Gasteiger partial charge in [0.05, 0.1) is 11.5 Å². The highest BCUT2D eigenvalue weighted by Gasteiger charge is 2.16. The number of hydrogen-bond donors (Lipinski definition) is 2. The molecule has 0 saturated carbocycles. The van der Waals surface area contributed by atoms with Crippen LogP contribution in [0.15, 0.2) is 59.5 Å². The molecule has 0 bridgehead atoms. The summed E-state index contributed by atoms with van der Waals surface area (Å²) in [5.74, 6) is 0.817. The molecule has 32 heavy (non-hydrogen) atoms. The van der Waals surface area contributed by atoms with E-state index in [2.05, 4.69) is 33.9 Å². The number of amides is 1. The lowest BCUT2D eigenvalue weighted by Gasteiger charge is -2.10. The van der Waals surface area contributed by atoms with Crippen LogP contribution in [0.2, 0.25) is 0 Å². The maximum Gasteiger partial charge on any atom is 0.264 e. The second-order valence-corrected chi connectivity index (χ2v) is 9.47. The van der Waals surface area contributed by atoms with Crippen molar-refractivity contribution in [2.75, 3.05) is 16.6 Å². The van der Waals surface area contributed by atoms with Crippen molar-refractivity contribution in [2.24, 2.45) is 5.92 Å². The molecule has 0 aliphatic heterocycles. The average molecular weight is 455 g/mol. The molecule has 2 N–H and O–H groups in total. The van der Waals surface area contributed by atoms with E-state index in [4.69, 9.17) is 4.74 Å². The molecule has 1 amide bonds. The predicted molar refractivity (Wildman–Crippen MR) is 123 cm³/mol. The quantitative estimate of drug-likeness (QED) is 0.528. The smallest absolute Gasteiger partial charge is 0.264 e. The lowest BCUT2D eigenvalue weighted by molar-refractivity contribution is 0.102. The second kappa shape index (κ2) is 9.78. The molecule has 1 aromatic heterocycles. The number of sulfonamides is 1. The van der Waals surface area contributed by atoms with Crippen LogP contribution in [0.5, 0.6) is 5.75 Å². The Bertz CT molecular complexity index is 1170. The fourth-order valence-electron chi connectivity index (χ4n) is 2.84. The number of aromatic nitrogens is 2. The van der Waals surface area contributed by atoms with Crippen LogP contribution in [0.3, 0.4) is 0 Å². The number of nitrogens with one attached hydrogen (secondary N) is 2. The van der Waals surface area contributed by atoms with Crippen LogP contribution in [0.1, 0.15) is 35.6 Å². The Morgan fingerprint density at radius 1 is 0.969 bits per heavy atom. The third-order valence-electron chi connectivity index (χ3n) is 4.33. The Hall–Kier alpha value is -3.46. The zero-order valence-electron chi connectivity index (χ0n) is 18.4. The van der Waals surface area contributed by atoms with Gasteiger partial charge in [-0.05, 0) is 74.4 Å². The Morgan fingerprint density at radius 3 is 2.12 bits per heavy atom. The second-order valence-electron chi connectivity index (χ2n) is 7.79. The van der Waals surface area contributed by atoms with E-state index in [-0.39, 0.29) is 16.8 Å². The van der Waals surface area contributed by atoms with Crippen molar-refractivity contribution in [3.63, 3.8) is 0 Å². The largest absolute Gasteiger partial charge is 0.493 e. The van der Waals surface area contributed by atoms with Gasteiger partial charge in [-0.15, -0.1) is 0 Å². The summed E-state index contributed by atoms with van der Waals surface area (Å²) in [6, 6.07) is 14.5. The van der Waals surface area contributed by atoms with Crippen molar-refractivity contribution in [2.45, 2.75) is 32.6 Å². The molecule has 0 aliphatic carbocycles. The molecule has 8 nitrogen and oxygen atoms in total. The van der Waals surface area contributed by atoms with Crippen LogP contribution in [0.4, 0.5) is 11.6 Å². The minimum absolute atomic E-state index is 0.0145. The number of carbonyl (C=O) groups is 1. The molecule has 0 spiro atoms. The van der Waals surface area contributed by atoms with Gasteiger partial charge in [0.15, 0.2) is 0 Å². The Morgan fingerprint density at radius 2 is 1.56 bits per heavy atom. The van der Waals surface area contributed by atoms with E-state index >= 15 is 0 Å². The number of anilines is 2. The van der Waals surface area contributed by atoms with Crippen molar-refractivity contribution in [3.05, 3.63) is 71.5 Å². The molecular formula is C23H26N4O4S. The van der Waals surface area contributed by atoms with Gasteiger partial charge in [0, 0.05) is 22.6 Å². The number of benzene rings is 2. The minimum atomic E-state index is -3.86. The summed E-state index contributed by atoms with van der Waals surface area (Å²) < 4.78 is 33.2. The third-order valence-corrected chi connectivity index (χ3v) is 5.67. The van der Waals surface area contributed by atoms with Gasteiger partial charge < -0.3 is 10.1 Å². The van der Waals surface area contributed by atoms with E-state index in [1.807, 2.05) is 0 Å². The number of aryl methyl sites for hydroxylation is 2. The fraction of sp³-hybridized carbons (Fsp3) is 0.261. The summed E-state index contributed by atoms with van der Waals surface area (Å²) in [6.07, 6.45) is 0. The zero-order valence-corrected chi connectivity index (χ0v) is 19.2. The Balaban J connectivity index is 1.65. The summed E-state index contributed by atoms with van der Waals surface area (Å²) in [4.78, 5) is 20.7. The summed E-state index contributed by atoms with van der Waals surface area (Å²) in [6.45, 7) is 8.25. The van der Waals surface area contributed by atoms with E-state index in [0.717, 1.165) is 0 Å². The normalized spacial score (nSPS) is 11.3. The first-order valence-corrected chi connectivity index (χ1v) is 11.6. The van der Waals surface area contributed by atoms with Gasteiger partial charge >= 0.3 is 0 Å². The van der Waals surface area contributed by atoms with Crippen LogP contribution >= 0.6 is 0 Å². The lowest BCUT2D eigenvalue weighted by Crippen LogP contribution is -2.16. The van der Waals surface area contributed by atoms with Gasteiger partial charge in [-0.2, -0.15) is 0 Å². The van der Waals surface area contributed by atoms with Gasteiger partial charge in [-0.1, -0.05) is 13.8 Å². The van der Waals surface area contributed by atoms with Crippen molar-refractivity contribution in [1.82, 2.24) is 9.97 Å². The molecule has 9 heteroatoms. The molecule has 0 atom stereocenters. The average Bonchev–Trinajstić information content (AvgIpc) is 2.72. The summed E-state index contributed by atoms with van der Waals surface area (Å²) in [5.41, 5.74) is 2.25. The molecule has 1 heterocycles. The van der Waals surface area contributed by atoms with Crippen LogP contribution < -0.4 is 14.8 Å². The molecule has 0 saturated heterocycles. The van der Waals surface area contributed by atoms with E-state index in [1.165, 1.54) is 24.3 Å². The molecule has 168 valence electrons. The van der Waals surface area contributed by atoms with E-state index in [9.17, 15) is 13.2 Å². The van der Waals surface area contributed by atoms with Gasteiger partial charge in [-0.25, -0.2) is 23.1 Å². The van der Waals surface area contributed by atoms with Gasteiger partial charge in [-0.3, -0.25) is 4.79 Å². The highest BCUT2D eigenvalue weighted by atomic mass is 32.2. The highest BCUT2D eigenvalue weighted by molar-refractivity contribution is 7.92. The van der Waals surface area contributed by atoms with Gasteiger partial charge in [0.25, 0.3) is 15.9 Å². The van der Waals surface area contributed by atoms with E-state index in [0.29, 0.717) is 40.9 Å². The fourth-order valence-corrected chi connectivity index (χ4v) is 3.78. The first-order chi connectivity index (χ1) is 15.1. The highest BCUT2D eigenvalue weighted by Crippen LogP contribution is 2.19. The number of ether oxygens (including phenoxy) is 1. The molecule has 0 radical (unpaired) electrons. The van der Waals surface area contributed by atoms with Crippen molar-refractivity contribution in [3.8, 4) is 5.75 Å². The molecule has 3 rings (SSSR count). The summed E-state index contributed by atoms with van der Waals surface area (Å²) in [5, 5.41) is 2.75. The standard InChI is InChI=1S/C23H26N4O4S/c1-15(2)14-31-20-9-5-18(6-10-20)22(28)26-19-7-11-21(12-8-19)32(29,30)27-23-24-16(3)13-17(4)25-23/h5-13,15H,14H2,1-4H3,(H,26,28)(H,24,25,27). The minimum Gasteiger partial charge on any atom is -0.493 e. The summed E-state index contributed by atoms with van der Waals surface area (Å²) >= 11 is 0. The van der Waals surface area contributed by atoms with E-state index in [1.54, 1.807) is 44.2 Å². The van der Waals surface area contributed by atoms with Crippen LogP contribution in [0, 0.1) is 19.8 Å². The number of nitrogens with zero attached hydrogens (tertiary/aromatic N) is 2. The topological polar surface area (TPSA) is 110 Å². The first-order valence-electron chi connectivity index (χ1n) is 10.1. The summed E-state index contributed by atoms with van der Waals surface area (Å²) in [7, 11) is -3.86. The maximum absolute atomic E-state index is 12.6. The SMILES string of the molecule is Cc1cc(C)nc(NS(=O)(=O)c2ccc(NC(=O)c3ccc(OCC(C)C)cc3)cc2)n1. The maximum atomic E-state index is 12.6. The molecule has 2 aromatic carbocycles. The van der Waals surface area contributed by atoms with Gasteiger partial charge in [0.1, 0.15) is 5.75 Å². The molecule has 0 unspecified atom stereocenters. The predicted octanol–water partition coefficient (Wildman–Crippen LogP) is 4.18. The van der Waals surface area contributed by atoms with Crippen LogP contribution in [-0.2, 0) is 10.0 Å². The first kappa shape index (κ1) is 23.2. The molecular weight excluding hydrogens is 428 g/mol. The molecule has 0 fully saturated rings. The Labute approximate surface area is 188 Å². The van der Waals surface area contributed by atoms with Crippen molar-refractivity contribution in [1.29, 1.82) is 0 Å². The molecule has 3 aromatic rings. The van der Waals surface area contributed by atoms with Gasteiger partial charge in [0.2, 0.25) is 5.95 Å². The Kier molecular flexibility index (Phi) is 7.09. The lowest BCUT2D eigenvalue weighted by atomic mass is 10.2. The number of carbonyl (C=O) groups excluding carboxylic acids is 1. The van der Waals surface area contributed by atoms with Crippen LogP contribution in [0.25, 0.3) is 0 Å². The third kappa shape index (κ3) is 6.27. The zero-order chi connectivity index (χ0) is 23.3. The number of hydrogen-bond acceptors (Lipinski definition) is 6. The van der Waals surface area contributed by atoms with Crippen molar-refractivity contribution < 1.29 is 17.9 Å². The van der Waals surface area contributed by atoms with Crippen molar-refractivity contribution >= 4 is 27.6 Å². The monoisotopic (exact) mass is 454 g/mol. The molecule has 0 aliphatic rings. The van der Waals surface area contributed by atoms with E-state index < -0.39 is 10.0 Å². The van der Waals surface area contributed by atoms with Crippen LogP contribution in [-0.4, -0.2) is 30.9 Å². The number of rotatable bonds is 8.